The first-order valence-corrected chi connectivity index (χ1v) is 11.5. The second-order valence-corrected chi connectivity index (χ2v) is 9.16. The maximum atomic E-state index is 13.7. The molecule has 3 heterocycles. The van der Waals surface area contributed by atoms with Gasteiger partial charge in [-0.15, -0.1) is 0 Å². The number of likely N-dealkylation sites (N-methyl/N-ethyl adjacent to an activating group) is 1. The van der Waals surface area contributed by atoms with Gasteiger partial charge >= 0.3 is 6.03 Å². The normalized spacial score (nSPS) is 25.8. The maximum Gasteiger partial charge on any atom is 0.332 e. The number of urea groups is 1. The minimum atomic E-state index is -0.828. The second-order valence-electron chi connectivity index (χ2n) is 8.72. The highest BCUT2D eigenvalue weighted by atomic mass is 35.5. The van der Waals surface area contributed by atoms with E-state index in [4.69, 9.17) is 16.3 Å². The van der Waals surface area contributed by atoms with Crippen molar-refractivity contribution in [3.8, 4) is 6.07 Å². The molecule has 7 nitrogen and oxygen atoms in total. The molecule has 1 spiro atoms. The van der Waals surface area contributed by atoms with E-state index in [1.807, 2.05) is 13.0 Å². The van der Waals surface area contributed by atoms with Gasteiger partial charge in [-0.1, -0.05) is 11.6 Å². The van der Waals surface area contributed by atoms with Crippen LogP contribution in [0.2, 0.25) is 5.02 Å². The fourth-order valence-corrected chi connectivity index (χ4v) is 5.51. The smallest absolute Gasteiger partial charge is 0.332 e. The van der Waals surface area contributed by atoms with Crippen LogP contribution in [0.25, 0.3) is 0 Å². The summed E-state index contributed by atoms with van der Waals surface area (Å²) in [6, 6.07) is 6.40. The highest BCUT2D eigenvalue weighted by Gasteiger charge is 2.57. The summed E-state index contributed by atoms with van der Waals surface area (Å²) in [5.74, 6) is 0.441. The minimum Gasteiger partial charge on any atom is -0.381 e. The van der Waals surface area contributed by atoms with E-state index >= 15 is 0 Å². The topological polar surface area (TPSA) is 76.9 Å². The van der Waals surface area contributed by atoms with E-state index in [0.717, 1.165) is 52.1 Å². The Morgan fingerprint density at radius 3 is 2.68 bits per heavy atom. The molecule has 0 bridgehead atoms. The molecule has 3 aliphatic rings. The monoisotopic (exact) mass is 444 g/mol. The number of ether oxygens (including phenoxy) is 1. The molecular formula is C23H29ClN4O3. The van der Waals surface area contributed by atoms with Gasteiger partial charge in [-0.05, 0) is 69.7 Å². The zero-order valence-electron chi connectivity index (χ0n) is 18.0. The molecule has 0 radical (unpaired) electrons. The Bertz CT molecular complexity index is 895. The molecule has 1 atom stereocenters. The quantitative estimate of drug-likeness (QED) is 0.662. The summed E-state index contributed by atoms with van der Waals surface area (Å²) in [7, 11) is 0. The van der Waals surface area contributed by atoms with Crippen molar-refractivity contribution in [1.29, 1.82) is 5.26 Å². The van der Waals surface area contributed by atoms with Gasteiger partial charge in [-0.25, -0.2) is 9.69 Å². The molecule has 0 aliphatic carbocycles. The van der Waals surface area contributed by atoms with Crippen molar-refractivity contribution in [2.45, 2.75) is 44.6 Å². The molecule has 0 N–H and O–H groups in total. The molecule has 8 heteroatoms. The van der Waals surface area contributed by atoms with E-state index in [1.165, 1.54) is 11.0 Å². The molecule has 3 aliphatic heterocycles. The summed E-state index contributed by atoms with van der Waals surface area (Å²) in [5, 5.41) is 9.62. The molecule has 4 rings (SSSR count). The number of nitrogens with zero attached hydrogens (tertiary/aromatic N) is 4. The highest BCUT2D eigenvalue weighted by molar-refractivity contribution is 6.31. The number of hydrogen-bond donors (Lipinski definition) is 0. The van der Waals surface area contributed by atoms with Crippen LogP contribution in [0, 0.1) is 17.2 Å². The van der Waals surface area contributed by atoms with E-state index in [-0.39, 0.29) is 11.9 Å². The summed E-state index contributed by atoms with van der Waals surface area (Å²) in [4.78, 5) is 32.4. The van der Waals surface area contributed by atoms with Gasteiger partial charge in [-0.2, -0.15) is 5.26 Å². The number of nitriles is 1. The largest absolute Gasteiger partial charge is 0.381 e. The van der Waals surface area contributed by atoms with Crippen molar-refractivity contribution >= 4 is 29.2 Å². The van der Waals surface area contributed by atoms with Gasteiger partial charge < -0.3 is 14.5 Å². The van der Waals surface area contributed by atoms with Gasteiger partial charge in [0.2, 0.25) is 0 Å². The van der Waals surface area contributed by atoms with Gasteiger partial charge in [-0.3, -0.25) is 4.79 Å². The minimum absolute atomic E-state index is 0.196. The van der Waals surface area contributed by atoms with Gasteiger partial charge in [0.05, 0.1) is 17.3 Å². The summed E-state index contributed by atoms with van der Waals surface area (Å²) in [5.41, 5.74) is -0.126. The van der Waals surface area contributed by atoms with Crippen LogP contribution in [0.4, 0.5) is 10.5 Å². The third-order valence-corrected chi connectivity index (χ3v) is 7.11. The molecule has 1 aromatic rings. The van der Waals surface area contributed by atoms with Crippen molar-refractivity contribution in [3.63, 3.8) is 0 Å². The Labute approximate surface area is 188 Å². The van der Waals surface area contributed by atoms with Crippen LogP contribution in [-0.2, 0) is 9.53 Å². The van der Waals surface area contributed by atoms with Crippen molar-refractivity contribution in [3.05, 3.63) is 28.8 Å². The van der Waals surface area contributed by atoms with Crippen LogP contribution in [0.5, 0.6) is 0 Å². The molecule has 3 saturated heterocycles. The van der Waals surface area contributed by atoms with Crippen LogP contribution in [-0.4, -0.2) is 66.7 Å². The van der Waals surface area contributed by atoms with Gasteiger partial charge in [0, 0.05) is 37.9 Å². The number of benzene rings is 1. The summed E-state index contributed by atoms with van der Waals surface area (Å²) >= 11 is 6.16. The first kappa shape index (κ1) is 22.1. The van der Waals surface area contributed by atoms with E-state index in [0.29, 0.717) is 41.6 Å². The first-order valence-electron chi connectivity index (χ1n) is 11.2. The van der Waals surface area contributed by atoms with Crippen LogP contribution in [0.3, 0.4) is 0 Å². The number of anilines is 1. The third kappa shape index (κ3) is 4.17. The summed E-state index contributed by atoms with van der Waals surface area (Å²) in [6.45, 7) is 6.80. The Kier molecular flexibility index (Phi) is 6.52. The fourth-order valence-electron chi connectivity index (χ4n) is 5.28. The molecule has 31 heavy (non-hydrogen) atoms. The molecule has 0 aromatic heterocycles. The Hall–Kier alpha value is -2.14. The molecule has 1 aromatic carbocycles. The number of halogens is 1. The van der Waals surface area contributed by atoms with Crippen LogP contribution >= 0.6 is 11.6 Å². The van der Waals surface area contributed by atoms with E-state index in [2.05, 4.69) is 4.90 Å². The van der Waals surface area contributed by atoms with Crippen molar-refractivity contribution in [2.75, 3.05) is 44.3 Å². The molecule has 0 saturated carbocycles. The van der Waals surface area contributed by atoms with Crippen LogP contribution in [0.15, 0.2) is 18.2 Å². The summed E-state index contributed by atoms with van der Waals surface area (Å²) < 4.78 is 5.48. The van der Waals surface area contributed by atoms with E-state index in [1.54, 1.807) is 17.0 Å². The lowest BCUT2D eigenvalue weighted by molar-refractivity contribution is -0.125. The van der Waals surface area contributed by atoms with Gasteiger partial charge in [0.1, 0.15) is 5.54 Å². The molecule has 3 amide bonds. The van der Waals surface area contributed by atoms with Crippen molar-refractivity contribution in [2.24, 2.45) is 5.92 Å². The number of likely N-dealkylation sites (tertiary alicyclic amines) is 1. The average molecular weight is 445 g/mol. The predicted octanol–water partition coefficient (Wildman–Crippen LogP) is 3.65. The van der Waals surface area contributed by atoms with Crippen LogP contribution < -0.4 is 4.90 Å². The number of rotatable bonds is 4. The lowest BCUT2D eigenvalue weighted by Gasteiger charge is -2.34. The third-order valence-electron chi connectivity index (χ3n) is 6.89. The average Bonchev–Trinajstić information content (AvgIpc) is 2.88. The predicted molar refractivity (Wildman–Crippen MR) is 118 cm³/mol. The van der Waals surface area contributed by atoms with Crippen molar-refractivity contribution in [1.82, 2.24) is 9.80 Å². The van der Waals surface area contributed by atoms with Crippen molar-refractivity contribution < 1.29 is 14.3 Å². The Morgan fingerprint density at radius 2 is 1.97 bits per heavy atom. The Morgan fingerprint density at radius 1 is 1.19 bits per heavy atom. The van der Waals surface area contributed by atoms with Crippen LogP contribution in [0.1, 0.15) is 44.6 Å². The number of carbonyl (C=O) groups excluding carboxylic acids is 2. The first-order chi connectivity index (χ1) is 15.0. The molecule has 166 valence electrons. The van der Waals surface area contributed by atoms with E-state index < -0.39 is 5.54 Å². The summed E-state index contributed by atoms with van der Waals surface area (Å²) in [6.07, 6.45) is 4.31. The molecular weight excluding hydrogens is 416 g/mol. The standard InChI is InChI=1S/C23H29ClN4O3/c1-2-27-22(30)28(20-13-18(15-25)12-19(24)14-20)21(29)23(27)6-3-8-26(9-7-23)16-17-4-10-31-11-5-17/h12-14,17H,2-11,16H2,1H3/t23-/m0/s1. The number of carbonyl (C=O) groups is 2. The fraction of sp³-hybridized carbons (Fsp3) is 0.609. The zero-order valence-corrected chi connectivity index (χ0v) is 18.7. The molecule has 0 unspecified atom stereocenters. The second kappa shape index (κ2) is 9.15. The lowest BCUT2D eigenvalue weighted by atomic mass is 9.88. The number of hydrogen-bond acceptors (Lipinski definition) is 5. The van der Waals surface area contributed by atoms with Gasteiger partial charge in [0.15, 0.2) is 0 Å². The molecule has 3 fully saturated rings. The Balaban J connectivity index is 1.57. The SMILES string of the molecule is CCN1C(=O)N(c2cc(Cl)cc(C#N)c2)C(=O)[C@@]12CCCN(CC1CCOCC1)CC2. The highest BCUT2D eigenvalue weighted by Crippen LogP contribution is 2.40. The van der Waals surface area contributed by atoms with Gasteiger partial charge in [0.25, 0.3) is 5.91 Å². The number of imide groups is 1. The number of amides is 3. The van der Waals surface area contributed by atoms with E-state index in [9.17, 15) is 14.9 Å². The lowest BCUT2D eigenvalue weighted by Crippen LogP contribution is -2.50. The maximum absolute atomic E-state index is 13.7. The zero-order chi connectivity index (χ0) is 22.0.